The molecule has 3 rings (SSSR count). The van der Waals surface area contributed by atoms with Gasteiger partial charge in [-0.3, -0.25) is 14.8 Å². The largest absolute Gasteiger partial charge is 0.334 e. The van der Waals surface area contributed by atoms with Crippen molar-refractivity contribution in [3.63, 3.8) is 0 Å². The number of nitrogens with one attached hydrogen (secondary N) is 1. The Morgan fingerprint density at radius 3 is 2.66 bits per heavy atom. The summed E-state index contributed by atoms with van der Waals surface area (Å²) in [5.74, 6) is -0.805. The van der Waals surface area contributed by atoms with Crippen LogP contribution >= 0.6 is 11.6 Å². The first kappa shape index (κ1) is 21.2. The fourth-order valence-electron chi connectivity index (χ4n) is 3.49. The van der Waals surface area contributed by atoms with E-state index in [1.54, 1.807) is 0 Å². The summed E-state index contributed by atoms with van der Waals surface area (Å²) in [7, 11) is 0. The molecule has 6 nitrogen and oxygen atoms in total. The summed E-state index contributed by atoms with van der Waals surface area (Å²) in [5.41, 5.74) is 1.82. The molecule has 0 aliphatic carbocycles. The molecule has 29 heavy (non-hydrogen) atoms. The van der Waals surface area contributed by atoms with Gasteiger partial charge in [0.2, 0.25) is 0 Å². The van der Waals surface area contributed by atoms with Crippen molar-refractivity contribution >= 4 is 22.6 Å². The number of pyridine rings is 2. The van der Waals surface area contributed by atoms with Gasteiger partial charge in [-0.25, -0.2) is 18.7 Å². The molecule has 0 saturated carbocycles. The third-order valence-corrected chi connectivity index (χ3v) is 5.32. The summed E-state index contributed by atoms with van der Waals surface area (Å²) in [4.78, 5) is 36.0. The highest BCUT2D eigenvalue weighted by Crippen LogP contribution is 2.28. The highest BCUT2D eigenvalue weighted by Gasteiger charge is 2.21. The minimum Gasteiger partial charge on any atom is -0.273 e. The number of halogens is 2. The third-order valence-electron chi connectivity index (χ3n) is 5.05. The average molecular weight is 419 g/mol. The molecule has 0 atom stereocenters. The fourth-order valence-corrected chi connectivity index (χ4v) is 3.63. The van der Waals surface area contributed by atoms with E-state index in [9.17, 15) is 14.0 Å². The van der Waals surface area contributed by atoms with Gasteiger partial charge in [0.1, 0.15) is 0 Å². The van der Waals surface area contributed by atoms with Crippen LogP contribution in [-0.4, -0.2) is 19.5 Å². The number of fused-ring (bicyclic) bond motifs is 1. The normalized spacial score (nSPS) is 11.6. The first-order chi connectivity index (χ1) is 13.8. The van der Waals surface area contributed by atoms with E-state index >= 15 is 0 Å². The van der Waals surface area contributed by atoms with Crippen LogP contribution in [0, 0.1) is 12.7 Å². The van der Waals surface area contributed by atoms with Crippen LogP contribution in [0.2, 0.25) is 5.15 Å². The number of rotatable bonds is 6. The Kier molecular flexibility index (Phi) is 6.17. The second-order valence-electron chi connectivity index (χ2n) is 7.48. The lowest BCUT2D eigenvalue weighted by Gasteiger charge is -2.20. The van der Waals surface area contributed by atoms with Crippen molar-refractivity contribution in [3.8, 4) is 5.69 Å². The predicted molar refractivity (Wildman–Crippen MR) is 113 cm³/mol. The maximum Gasteiger partial charge on any atom is 0.334 e. The summed E-state index contributed by atoms with van der Waals surface area (Å²) in [6, 6.07) is 1.00. The minimum absolute atomic E-state index is 0.0122. The standard InChI is InChI=1S/C21H24ClFN4O2/c1-5-6-7-8-13-10-24-16(11(2)3)17(12(13)4)27-19-14(20(28)26-21(27)29)9-15(23)18(22)25-19/h9-11H,5-8H2,1-4H3,(H,26,28,29). The number of hydrogen-bond donors (Lipinski definition) is 1. The zero-order valence-electron chi connectivity index (χ0n) is 17.0. The number of aryl methyl sites for hydroxylation is 1. The molecular formula is C21H24ClFN4O2. The van der Waals surface area contributed by atoms with Gasteiger partial charge >= 0.3 is 5.69 Å². The lowest BCUT2D eigenvalue weighted by molar-refractivity contribution is 0.623. The molecule has 0 amide bonds. The van der Waals surface area contributed by atoms with E-state index in [-0.39, 0.29) is 17.0 Å². The number of hydrogen-bond acceptors (Lipinski definition) is 4. The number of aromatic amines is 1. The van der Waals surface area contributed by atoms with Crippen molar-refractivity contribution in [2.24, 2.45) is 0 Å². The number of nitrogens with zero attached hydrogens (tertiary/aromatic N) is 3. The van der Waals surface area contributed by atoms with Crippen molar-refractivity contribution in [2.45, 2.75) is 59.3 Å². The molecule has 0 aromatic carbocycles. The van der Waals surface area contributed by atoms with Gasteiger partial charge in [-0.1, -0.05) is 45.2 Å². The van der Waals surface area contributed by atoms with Gasteiger partial charge in [-0.15, -0.1) is 0 Å². The highest BCUT2D eigenvalue weighted by molar-refractivity contribution is 6.29. The SMILES string of the molecule is CCCCCc1cnc(C(C)C)c(-n2c(=O)[nH]c(=O)c3cc(F)c(Cl)nc32)c1C. The molecule has 0 fully saturated rings. The maximum absolute atomic E-state index is 13.9. The van der Waals surface area contributed by atoms with Gasteiger partial charge in [0.15, 0.2) is 16.6 Å². The molecule has 3 aromatic heterocycles. The molecule has 8 heteroatoms. The van der Waals surface area contributed by atoms with Gasteiger partial charge in [0, 0.05) is 6.20 Å². The lowest BCUT2D eigenvalue weighted by Crippen LogP contribution is -2.31. The molecule has 0 radical (unpaired) electrons. The molecule has 0 aliphatic heterocycles. The first-order valence-electron chi connectivity index (χ1n) is 9.76. The van der Waals surface area contributed by atoms with Crippen LogP contribution in [0.1, 0.15) is 62.8 Å². The van der Waals surface area contributed by atoms with Crippen molar-refractivity contribution < 1.29 is 4.39 Å². The van der Waals surface area contributed by atoms with E-state index in [1.807, 2.05) is 27.0 Å². The molecular weight excluding hydrogens is 395 g/mol. The Bertz CT molecular complexity index is 1180. The second-order valence-corrected chi connectivity index (χ2v) is 7.84. The van der Waals surface area contributed by atoms with Gasteiger partial charge in [0.25, 0.3) is 5.56 Å². The van der Waals surface area contributed by atoms with Gasteiger partial charge < -0.3 is 0 Å². The molecule has 0 unspecified atom stereocenters. The van der Waals surface area contributed by atoms with Gasteiger partial charge in [-0.2, -0.15) is 0 Å². The molecule has 154 valence electrons. The Morgan fingerprint density at radius 2 is 2.00 bits per heavy atom. The van der Waals surface area contributed by atoms with Gasteiger partial charge in [-0.05, 0) is 42.9 Å². The summed E-state index contributed by atoms with van der Waals surface area (Å²) < 4.78 is 15.2. The van der Waals surface area contributed by atoms with Crippen LogP contribution in [-0.2, 0) is 6.42 Å². The highest BCUT2D eigenvalue weighted by atomic mass is 35.5. The van der Waals surface area contributed by atoms with E-state index in [0.29, 0.717) is 11.4 Å². The van der Waals surface area contributed by atoms with Crippen LogP contribution in [0.4, 0.5) is 4.39 Å². The van der Waals surface area contributed by atoms with Crippen LogP contribution in [0.15, 0.2) is 21.9 Å². The summed E-state index contributed by atoms with van der Waals surface area (Å²) in [5, 5.41) is -0.441. The summed E-state index contributed by atoms with van der Waals surface area (Å²) >= 11 is 5.88. The van der Waals surface area contributed by atoms with Crippen LogP contribution in [0.3, 0.4) is 0 Å². The van der Waals surface area contributed by atoms with Crippen LogP contribution < -0.4 is 11.2 Å². The zero-order valence-corrected chi connectivity index (χ0v) is 17.7. The Labute approximate surface area is 172 Å². The predicted octanol–water partition coefficient (Wildman–Crippen LogP) is 4.43. The topological polar surface area (TPSA) is 80.6 Å². The molecule has 3 aromatic rings. The van der Waals surface area contributed by atoms with E-state index in [0.717, 1.165) is 42.9 Å². The quantitative estimate of drug-likeness (QED) is 0.474. The van der Waals surface area contributed by atoms with E-state index in [2.05, 4.69) is 21.9 Å². The number of unbranched alkanes of at least 4 members (excludes halogenated alkanes) is 2. The van der Waals surface area contributed by atoms with Crippen molar-refractivity contribution in [1.82, 2.24) is 19.5 Å². The Balaban J connectivity index is 2.39. The summed E-state index contributed by atoms with van der Waals surface area (Å²) in [6.07, 6.45) is 5.88. The Hall–Kier alpha value is -2.54. The Morgan fingerprint density at radius 1 is 1.28 bits per heavy atom. The maximum atomic E-state index is 13.9. The number of H-pyrrole nitrogens is 1. The molecule has 0 spiro atoms. The fraction of sp³-hybridized carbons (Fsp3) is 0.429. The lowest BCUT2D eigenvalue weighted by atomic mass is 9.98. The molecule has 0 saturated heterocycles. The monoisotopic (exact) mass is 418 g/mol. The van der Waals surface area contributed by atoms with Crippen molar-refractivity contribution in [1.29, 1.82) is 0 Å². The zero-order chi connectivity index (χ0) is 21.3. The molecule has 1 N–H and O–H groups in total. The molecule has 0 aliphatic rings. The summed E-state index contributed by atoms with van der Waals surface area (Å²) in [6.45, 7) is 8.01. The van der Waals surface area contributed by atoms with Gasteiger partial charge in [0.05, 0.1) is 16.8 Å². The third kappa shape index (κ3) is 3.96. The first-order valence-corrected chi connectivity index (χ1v) is 10.1. The van der Waals surface area contributed by atoms with Crippen molar-refractivity contribution in [3.05, 3.63) is 60.9 Å². The smallest absolute Gasteiger partial charge is 0.273 e. The van der Waals surface area contributed by atoms with E-state index in [4.69, 9.17) is 11.6 Å². The molecule has 0 bridgehead atoms. The minimum atomic E-state index is -0.817. The van der Waals surface area contributed by atoms with Crippen LogP contribution in [0.25, 0.3) is 16.7 Å². The van der Waals surface area contributed by atoms with Crippen LogP contribution in [0.5, 0.6) is 0 Å². The van der Waals surface area contributed by atoms with E-state index in [1.165, 1.54) is 4.57 Å². The number of aromatic nitrogens is 4. The van der Waals surface area contributed by atoms with Crippen molar-refractivity contribution in [2.75, 3.05) is 0 Å². The molecule has 3 heterocycles. The second kappa shape index (κ2) is 8.45. The van der Waals surface area contributed by atoms with E-state index < -0.39 is 22.2 Å². The average Bonchev–Trinajstić information content (AvgIpc) is 2.65.